The van der Waals surface area contributed by atoms with Crippen LogP contribution < -0.4 is 5.32 Å². The number of amides is 1. The van der Waals surface area contributed by atoms with Gasteiger partial charge in [0.1, 0.15) is 0 Å². The highest BCUT2D eigenvalue weighted by atomic mass is 79.9. The Bertz CT molecular complexity index is 970. The molecule has 132 valence electrons. The number of pyridine rings is 1. The van der Waals surface area contributed by atoms with E-state index in [4.69, 9.17) is 4.74 Å². The van der Waals surface area contributed by atoms with Crippen LogP contribution >= 0.6 is 15.9 Å². The maximum Gasteiger partial charge on any atom is 0.339 e. The highest BCUT2D eigenvalue weighted by Crippen LogP contribution is 2.20. The standard InChI is InChI=1S/C20H17BrN2O3/c1-12-11-17(16-5-3-4-6-18(16)22-12)20(25)26-13(2)19(24)23-15-9-7-14(21)8-10-15/h3-11,13H,1-2H3,(H,23,24)/t13-/m0/s1. The van der Waals surface area contributed by atoms with Crippen LogP contribution in [-0.2, 0) is 9.53 Å². The molecule has 0 unspecified atom stereocenters. The van der Waals surface area contributed by atoms with E-state index >= 15 is 0 Å². The van der Waals surface area contributed by atoms with Gasteiger partial charge in [-0.2, -0.15) is 0 Å². The van der Waals surface area contributed by atoms with E-state index in [-0.39, 0.29) is 0 Å². The van der Waals surface area contributed by atoms with E-state index in [2.05, 4.69) is 26.2 Å². The lowest BCUT2D eigenvalue weighted by Gasteiger charge is -2.14. The predicted molar refractivity (Wildman–Crippen MR) is 104 cm³/mol. The molecule has 1 N–H and O–H groups in total. The number of carbonyl (C=O) groups excluding carboxylic acids is 2. The number of aryl methyl sites for hydroxylation is 1. The molecule has 1 aromatic heterocycles. The zero-order chi connectivity index (χ0) is 18.7. The van der Waals surface area contributed by atoms with Gasteiger partial charge in [-0.3, -0.25) is 9.78 Å². The molecule has 0 bridgehead atoms. The third kappa shape index (κ3) is 4.08. The summed E-state index contributed by atoms with van der Waals surface area (Å²) in [5.74, 6) is -0.944. The number of anilines is 1. The quantitative estimate of drug-likeness (QED) is 0.640. The maximum atomic E-state index is 12.6. The average Bonchev–Trinajstić information content (AvgIpc) is 2.62. The minimum absolute atomic E-state index is 0.393. The molecule has 5 nitrogen and oxygen atoms in total. The summed E-state index contributed by atoms with van der Waals surface area (Å²) in [6.45, 7) is 3.36. The van der Waals surface area contributed by atoms with Gasteiger partial charge in [-0.05, 0) is 50.2 Å². The zero-order valence-electron chi connectivity index (χ0n) is 14.3. The largest absolute Gasteiger partial charge is 0.449 e. The van der Waals surface area contributed by atoms with Crippen molar-refractivity contribution in [3.8, 4) is 0 Å². The number of hydrogen-bond donors (Lipinski definition) is 1. The summed E-state index contributed by atoms with van der Waals surface area (Å²) in [5, 5.41) is 3.42. The Balaban J connectivity index is 1.75. The molecule has 26 heavy (non-hydrogen) atoms. The molecule has 1 heterocycles. The summed E-state index contributed by atoms with van der Waals surface area (Å²) in [5.41, 5.74) is 2.46. The van der Waals surface area contributed by atoms with E-state index in [9.17, 15) is 9.59 Å². The molecule has 1 amide bonds. The normalized spacial score (nSPS) is 11.8. The smallest absolute Gasteiger partial charge is 0.339 e. The molecule has 0 spiro atoms. The fourth-order valence-corrected chi connectivity index (χ4v) is 2.80. The summed E-state index contributed by atoms with van der Waals surface area (Å²) < 4.78 is 6.28. The number of halogens is 1. The predicted octanol–water partition coefficient (Wildman–Crippen LogP) is 4.49. The van der Waals surface area contributed by atoms with Gasteiger partial charge in [-0.15, -0.1) is 0 Å². The van der Waals surface area contributed by atoms with Crippen LogP contribution in [0.5, 0.6) is 0 Å². The number of benzene rings is 2. The summed E-state index contributed by atoms with van der Waals surface area (Å²) in [6.07, 6.45) is -0.932. The van der Waals surface area contributed by atoms with Crippen molar-refractivity contribution < 1.29 is 14.3 Å². The fourth-order valence-electron chi connectivity index (χ4n) is 2.53. The SMILES string of the molecule is Cc1cc(C(=O)O[C@@H](C)C(=O)Nc2ccc(Br)cc2)c2ccccc2n1. The Kier molecular flexibility index (Phi) is 5.32. The van der Waals surface area contributed by atoms with Gasteiger partial charge in [-0.25, -0.2) is 4.79 Å². The molecule has 3 rings (SSSR count). The lowest BCUT2D eigenvalue weighted by molar-refractivity contribution is -0.123. The van der Waals surface area contributed by atoms with Crippen molar-refractivity contribution in [1.29, 1.82) is 0 Å². The van der Waals surface area contributed by atoms with Gasteiger partial charge in [0.2, 0.25) is 0 Å². The number of fused-ring (bicyclic) bond motifs is 1. The Morgan fingerprint density at radius 2 is 1.81 bits per heavy atom. The second-order valence-electron chi connectivity index (χ2n) is 5.87. The van der Waals surface area contributed by atoms with Crippen molar-refractivity contribution >= 4 is 44.4 Å². The van der Waals surface area contributed by atoms with Gasteiger partial charge >= 0.3 is 5.97 Å². The van der Waals surface area contributed by atoms with Crippen molar-refractivity contribution in [3.05, 3.63) is 70.3 Å². The first kappa shape index (κ1) is 18.1. The van der Waals surface area contributed by atoms with Gasteiger partial charge in [0.25, 0.3) is 5.91 Å². The molecule has 0 aliphatic carbocycles. The first-order chi connectivity index (χ1) is 12.4. The molecule has 6 heteroatoms. The highest BCUT2D eigenvalue weighted by molar-refractivity contribution is 9.10. The Morgan fingerprint density at radius 1 is 1.12 bits per heavy atom. The summed E-state index contributed by atoms with van der Waals surface area (Å²) in [4.78, 5) is 29.3. The molecular formula is C20H17BrN2O3. The number of ether oxygens (including phenoxy) is 1. The van der Waals surface area contributed by atoms with E-state index in [1.807, 2.05) is 43.3 Å². The monoisotopic (exact) mass is 412 g/mol. The molecule has 0 fully saturated rings. The number of carbonyl (C=O) groups is 2. The van der Waals surface area contributed by atoms with Crippen LogP contribution in [0.25, 0.3) is 10.9 Å². The minimum atomic E-state index is -0.932. The second-order valence-corrected chi connectivity index (χ2v) is 6.79. The van der Waals surface area contributed by atoms with E-state index < -0.39 is 18.0 Å². The summed E-state index contributed by atoms with van der Waals surface area (Å²) in [6, 6.07) is 16.2. The molecule has 2 aromatic carbocycles. The van der Waals surface area contributed by atoms with Crippen molar-refractivity contribution in [3.63, 3.8) is 0 Å². The number of nitrogens with zero attached hydrogens (tertiary/aromatic N) is 1. The van der Waals surface area contributed by atoms with Crippen LogP contribution in [0.1, 0.15) is 23.0 Å². The van der Waals surface area contributed by atoms with E-state index in [0.717, 1.165) is 4.47 Å². The number of rotatable bonds is 4. The number of esters is 1. The zero-order valence-corrected chi connectivity index (χ0v) is 15.9. The third-order valence-corrected chi connectivity index (χ3v) is 4.36. The van der Waals surface area contributed by atoms with Crippen LogP contribution in [0.15, 0.2) is 59.1 Å². The van der Waals surface area contributed by atoms with E-state index in [1.165, 1.54) is 0 Å². The molecule has 0 aliphatic rings. The second kappa shape index (κ2) is 7.66. The van der Waals surface area contributed by atoms with Gasteiger partial charge in [-0.1, -0.05) is 34.1 Å². The molecule has 0 aliphatic heterocycles. The Morgan fingerprint density at radius 3 is 2.54 bits per heavy atom. The summed E-state index contributed by atoms with van der Waals surface area (Å²) in [7, 11) is 0. The van der Waals surface area contributed by atoms with Crippen LogP contribution in [0.2, 0.25) is 0 Å². The van der Waals surface area contributed by atoms with Crippen LogP contribution in [0, 0.1) is 6.92 Å². The van der Waals surface area contributed by atoms with Crippen molar-refractivity contribution in [2.45, 2.75) is 20.0 Å². The van der Waals surface area contributed by atoms with Gasteiger partial charge in [0, 0.05) is 21.2 Å². The van der Waals surface area contributed by atoms with E-state index in [0.29, 0.717) is 27.8 Å². The van der Waals surface area contributed by atoms with Crippen molar-refractivity contribution in [2.24, 2.45) is 0 Å². The lowest BCUT2D eigenvalue weighted by Crippen LogP contribution is -2.30. The highest BCUT2D eigenvalue weighted by Gasteiger charge is 2.21. The number of hydrogen-bond acceptors (Lipinski definition) is 4. The first-order valence-corrected chi connectivity index (χ1v) is 8.87. The van der Waals surface area contributed by atoms with Crippen molar-refractivity contribution in [2.75, 3.05) is 5.32 Å². The van der Waals surface area contributed by atoms with Gasteiger partial charge in [0.05, 0.1) is 11.1 Å². The molecule has 0 radical (unpaired) electrons. The molecular weight excluding hydrogens is 396 g/mol. The topological polar surface area (TPSA) is 68.3 Å². The maximum absolute atomic E-state index is 12.6. The average molecular weight is 413 g/mol. The lowest BCUT2D eigenvalue weighted by atomic mass is 10.1. The number of nitrogens with one attached hydrogen (secondary N) is 1. The van der Waals surface area contributed by atoms with Crippen LogP contribution in [-0.4, -0.2) is 23.0 Å². The van der Waals surface area contributed by atoms with Crippen LogP contribution in [0.3, 0.4) is 0 Å². The van der Waals surface area contributed by atoms with Gasteiger partial charge < -0.3 is 10.1 Å². The molecule has 0 saturated heterocycles. The molecule has 0 saturated carbocycles. The minimum Gasteiger partial charge on any atom is -0.449 e. The molecule has 3 aromatic rings. The van der Waals surface area contributed by atoms with Crippen LogP contribution in [0.4, 0.5) is 5.69 Å². The van der Waals surface area contributed by atoms with E-state index in [1.54, 1.807) is 25.1 Å². The number of para-hydroxylation sites is 1. The number of aromatic nitrogens is 1. The third-order valence-electron chi connectivity index (χ3n) is 3.83. The Hall–Kier alpha value is -2.73. The van der Waals surface area contributed by atoms with Gasteiger partial charge in [0.15, 0.2) is 6.10 Å². The first-order valence-electron chi connectivity index (χ1n) is 8.08. The fraction of sp³-hybridized carbons (Fsp3) is 0.150. The molecule has 1 atom stereocenters. The van der Waals surface area contributed by atoms with Crippen molar-refractivity contribution in [1.82, 2.24) is 4.98 Å². The summed E-state index contributed by atoms with van der Waals surface area (Å²) >= 11 is 3.34. The Labute approximate surface area is 159 Å².